The van der Waals surface area contributed by atoms with E-state index in [2.05, 4.69) is 31.1 Å². The molecule has 84 valence electrons. The summed E-state index contributed by atoms with van der Waals surface area (Å²) < 4.78 is 0. The third-order valence-corrected chi connectivity index (χ3v) is 3.64. The number of hydrogen-bond acceptors (Lipinski definition) is 2. The summed E-state index contributed by atoms with van der Waals surface area (Å²) in [7, 11) is 2.31. The summed E-state index contributed by atoms with van der Waals surface area (Å²) in [6.07, 6.45) is 6.62. The van der Waals surface area contributed by atoms with Gasteiger partial charge in [-0.25, -0.2) is 0 Å². The fourth-order valence-electron chi connectivity index (χ4n) is 2.57. The molecule has 14 heavy (non-hydrogen) atoms. The molecule has 1 atom stereocenters. The Morgan fingerprint density at radius 3 is 2.57 bits per heavy atom. The van der Waals surface area contributed by atoms with Crippen LogP contribution in [0.15, 0.2) is 0 Å². The molecule has 0 aromatic carbocycles. The molecule has 0 radical (unpaired) electrons. The van der Waals surface area contributed by atoms with Crippen molar-refractivity contribution in [2.75, 3.05) is 20.1 Å². The van der Waals surface area contributed by atoms with Gasteiger partial charge in [0.15, 0.2) is 0 Å². The van der Waals surface area contributed by atoms with Crippen molar-refractivity contribution < 1.29 is 0 Å². The fourth-order valence-corrected chi connectivity index (χ4v) is 2.57. The average Bonchev–Trinajstić information content (AvgIpc) is 2.47. The van der Waals surface area contributed by atoms with Crippen LogP contribution in [0.5, 0.6) is 0 Å². The molecule has 0 aliphatic carbocycles. The van der Waals surface area contributed by atoms with Crippen molar-refractivity contribution in [3.05, 3.63) is 0 Å². The smallest absolute Gasteiger partial charge is 0.0108 e. The predicted octanol–water partition coefficient (Wildman–Crippen LogP) is 2.25. The molecule has 0 aromatic heterocycles. The van der Waals surface area contributed by atoms with E-state index in [1.165, 1.54) is 45.2 Å². The normalized spacial score (nSPS) is 24.2. The largest absolute Gasteiger partial charge is 0.317 e. The maximum absolute atomic E-state index is 3.48. The molecule has 1 saturated heterocycles. The van der Waals surface area contributed by atoms with E-state index in [4.69, 9.17) is 0 Å². The van der Waals surface area contributed by atoms with Crippen molar-refractivity contribution >= 4 is 0 Å². The van der Waals surface area contributed by atoms with Gasteiger partial charge in [0.25, 0.3) is 0 Å². The van der Waals surface area contributed by atoms with Crippen LogP contribution in [0.25, 0.3) is 0 Å². The van der Waals surface area contributed by atoms with Gasteiger partial charge in [0.2, 0.25) is 0 Å². The van der Waals surface area contributed by atoms with Gasteiger partial charge in [-0.2, -0.15) is 0 Å². The third-order valence-electron chi connectivity index (χ3n) is 3.64. The SMILES string of the molecule is CCC(CC)N(C)C1CCCNCC1. The lowest BCUT2D eigenvalue weighted by atomic mass is 10.0. The molecular weight excluding hydrogens is 172 g/mol. The summed E-state index contributed by atoms with van der Waals surface area (Å²) in [4.78, 5) is 2.62. The van der Waals surface area contributed by atoms with Gasteiger partial charge in [0.1, 0.15) is 0 Å². The Kier molecular flexibility index (Phi) is 5.49. The zero-order chi connectivity index (χ0) is 10.4. The summed E-state index contributed by atoms with van der Waals surface area (Å²) in [5.41, 5.74) is 0. The molecule has 2 nitrogen and oxygen atoms in total. The van der Waals surface area contributed by atoms with Crippen LogP contribution in [0, 0.1) is 0 Å². The molecule has 2 heteroatoms. The topological polar surface area (TPSA) is 15.3 Å². The minimum absolute atomic E-state index is 0.790. The van der Waals surface area contributed by atoms with Crippen LogP contribution < -0.4 is 5.32 Å². The van der Waals surface area contributed by atoms with E-state index in [0.29, 0.717) is 0 Å². The fraction of sp³-hybridized carbons (Fsp3) is 1.00. The van der Waals surface area contributed by atoms with Gasteiger partial charge in [-0.15, -0.1) is 0 Å². The number of nitrogens with one attached hydrogen (secondary N) is 1. The van der Waals surface area contributed by atoms with E-state index in [1.54, 1.807) is 0 Å². The molecule has 1 rings (SSSR count). The first kappa shape index (κ1) is 12.0. The second kappa shape index (κ2) is 6.41. The van der Waals surface area contributed by atoms with E-state index in [0.717, 1.165) is 12.1 Å². The second-order valence-electron chi connectivity index (χ2n) is 4.47. The van der Waals surface area contributed by atoms with Crippen LogP contribution in [-0.2, 0) is 0 Å². The number of nitrogens with zero attached hydrogens (tertiary/aromatic N) is 1. The van der Waals surface area contributed by atoms with Gasteiger partial charge < -0.3 is 10.2 Å². The molecule has 1 fully saturated rings. The minimum Gasteiger partial charge on any atom is -0.317 e. The van der Waals surface area contributed by atoms with Crippen molar-refractivity contribution in [2.45, 2.75) is 58.0 Å². The van der Waals surface area contributed by atoms with Crippen LogP contribution in [0.3, 0.4) is 0 Å². The molecule has 1 N–H and O–H groups in total. The van der Waals surface area contributed by atoms with Crippen molar-refractivity contribution in [1.82, 2.24) is 10.2 Å². The maximum Gasteiger partial charge on any atom is 0.0108 e. The standard InChI is InChI=1S/C12H26N2/c1-4-11(5-2)14(3)12-7-6-9-13-10-8-12/h11-13H,4-10H2,1-3H3. The van der Waals surface area contributed by atoms with E-state index < -0.39 is 0 Å². The monoisotopic (exact) mass is 198 g/mol. The molecule has 0 bridgehead atoms. The third kappa shape index (κ3) is 3.25. The molecule has 1 unspecified atom stereocenters. The molecule has 0 aromatic rings. The van der Waals surface area contributed by atoms with E-state index >= 15 is 0 Å². The Hall–Kier alpha value is -0.0800. The van der Waals surface area contributed by atoms with Gasteiger partial charge in [0.05, 0.1) is 0 Å². The number of hydrogen-bond donors (Lipinski definition) is 1. The highest BCUT2D eigenvalue weighted by Gasteiger charge is 2.21. The zero-order valence-corrected chi connectivity index (χ0v) is 10.1. The van der Waals surface area contributed by atoms with Crippen molar-refractivity contribution in [3.63, 3.8) is 0 Å². The summed E-state index contributed by atoms with van der Waals surface area (Å²) in [5.74, 6) is 0. The van der Waals surface area contributed by atoms with E-state index in [9.17, 15) is 0 Å². The number of rotatable bonds is 4. The Bertz CT molecular complexity index is 135. The van der Waals surface area contributed by atoms with Gasteiger partial charge in [-0.05, 0) is 52.2 Å². The Morgan fingerprint density at radius 2 is 1.93 bits per heavy atom. The predicted molar refractivity (Wildman–Crippen MR) is 62.6 cm³/mol. The van der Waals surface area contributed by atoms with Crippen LogP contribution in [-0.4, -0.2) is 37.1 Å². The molecule has 0 spiro atoms. The Balaban J connectivity index is 2.43. The van der Waals surface area contributed by atoms with Crippen molar-refractivity contribution in [1.29, 1.82) is 0 Å². The summed E-state index contributed by atoms with van der Waals surface area (Å²) in [6, 6.07) is 1.60. The van der Waals surface area contributed by atoms with E-state index in [-0.39, 0.29) is 0 Å². The zero-order valence-electron chi connectivity index (χ0n) is 10.1. The highest BCUT2D eigenvalue weighted by atomic mass is 15.2. The van der Waals surface area contributed by atoms with Gasteiger partial charge in [-0.3, -0.25) is 0 Å². The summed E-state index contributed by atoms with van der Waals surface area (Å²) >= 11 is 0. The van der Waals surface area contributed by atoms with E-state index in [1.807, 2.05) is 0 Å². The minimum atomic E-state index is 0.790. The quantitative estimate of drug-likeness (QED) is 0.745. The van der Waals surface area contributed by atoms with Crippen LogP contribution >= 0.6 is 0 Å². The van der Waals surface area contributed by atoms with Gasteiger partial charge in [-0.1, -0.05) is 13.8 Å². The van der Waals surface area contributed by atoms with Gasteiger partial charge in [0, 0.05) is 12.1 Å². The lowest BCUT2D eigenvalue weighted by Crippen LogP contribution is -2.40. The average molecular weight is 198 g/mol. The Labute approximate surface area is 89.1 Å². The highest BCUT2D eigenvalue weighted by molar-refractivity contribution is 4.78. The van der Waals surface area contributed by atoms with Crippen LogP contribution in [0.4, 0.5) is 0 Å². The molecule has 0 saturated carbocycles. The molecule has 1 aliphatic heterocycles. The lowest BCUT2D eigenvalue weighted by Gasteiger charge is -2.33. The van der Waals surface area contributed by atoms with Crippen molar-refractivity contribution in [2.24, 2.45) is 0 Å². The first-order chi connectivity index (χ1) is 6.79. The maximum atomic E-state index is 3.48. The summed E-state index contributed by atoms with van der Waals surface area (Å²) in [6.45, 7) is 7.03. The molecule has 1 aliphatic rings. The second-order valence-corrected chi connectivity index (χ2v) is 4.47. The molecule has 1 heterocycles. The van der Waals surface area contributed by atoms with Crippen LogP contribution in [0.1, 0.15) is 46.0 Å². The first-order valence-electron chi connectivity index (χ1n) is 6.22. The van der Waals surface area contributed by atoms with Crippen LogP contribution in [0.2, 0.25) is 0 Å². The highest BCUT2D eigenvalue weighted by Crippen LogP contribution is 2.17. The van der Waals surface area contributed by atoms with Crippen molar-refractivity contribution in [3.8, 4) is 0 Å². The lowest BCUT2D eigenvalue weighted by molar-refractivity contribution is 0.151. The van der Waals surface area contributed by atoms with Gasteiger partial charge >= 0.3 is 0 Å². The molecular formula is C12H26N2. The molecule has 0 amide bonds. The Morgan fingerprint density at radius 1 is 1.21 bits per heavy atom. The summed E-state index contributed by atoms with van der Waals surface area (Å²) in [5, 5.41) is 3.48. The first-order valence-corrected chi connectivity index (χ1v) is 6.22.